The summed E-state index contributed by atoms with van der Waals surface area (Å²) < 4.78 is 0. The molecule has 0 aromatic carbocycles. The van der Waals surface area contributed by atoms with E-state index in [1.807, 2.05) is 12.3 Å². The van der Waals surface area contributed by atoms with Crippen molar-refractivity contribution < 1.29 is 0 Å². The van der Waals surface area contributed by atoms with Gasteiger partial charge < -0.3 is 0 Å². The second-order valence-electron chi connectivity index (χ2n) is 2.36. The zero-order valence-corrected chi connectivity index (χ0v) is 7.30. The second kappa shape index (κ2) is 2.98. The number of hydrogen-bond donors (Lipinski definition) is 1. The van der Waals surface area contributed by atoms with Crippen molar-refractivity contribution in [2.45, 2.75) is 13.3 Å². The lowest BCUT2D eigenvalue weighted by molar-refractivity contribution is 0.881. The van der Waals surface area contributed by atoms with E-state index in [0.29, 0.717) is 12.2 Å². The number of nitrogens with one attached hydrogen (secondary N) is 1. The van der Waals surface area contributed by atoms with Crippen LogP contribution in [0.5, 0.6) is 0 Å². The van der Waals surface area contributed by atoms with Gasteiger partial charge in [0, 0.05) is 5.38 Å². The molecular formula is C6H7N5S. The summed E-state index contributed by atoms with van der Waals surface area (Å²) in [5.74, 6) is 0.681. The van der Waals surface area contributed by atoms with Crippen LogP contribution in [0, 0.1) is 6.92 Å². The van der Waals surface area contributed by atoms with E-state index in [4.69, 9.17) is 0 Å². The molecule has 2 aromatic rings. The highest BCUT2D eigenvalue weighted by Crippen LogP contribution is 2.09. The molecule has 0 aliphatic carbocycles. The summed E-state index contributed by atoms with van der Waals surface area (Å²) in [6.45, 7) is 1.98. The summed E-state index contributed by atoms with van der Waals surface area (Å²) in [7, 11) is 0. The maximum absolute atomic E-state index is 4.28. The second-order valence-corrected chi connectivity index (χ2v) is 3.42. The summed E-state index contributed by atoms with van der Waals surface area (Å²) in [5, 5.41) is 16.6. The molecule has 0 radical (unpaired) electrons. The minimum Gasteiger partial charge on any atom is -0.246 e. The van der Waals surface area contributed by atoms with Crippen LogP contribution in [-0.2, 0) is 6.42 Å². The number of aryl methyl sites for hydroxylation is 1. The standard InChI is InChI=1S/C6H7N5S/c1-4-7-5(3-12-4)2-6-8-10-11-9-6/h3H,2H2,1H3,(H,8,9,10,11). The first-order valence-corrected chi connectivity index (χ1v) is 4.36. The first-order valence-electron chi connectivity index (χ1n) is 3.48. The molecule has 2 rings (SSSR count). The summed E-state index contributed by atoms with van der Waals surface area (Å²) in [4.78, 5) is 4.28. The molecular weight excluding hydrogens is 174 g/mol. The molecule has 0 saturated heterocycles. The third-order valence-electron chi connectivity index (χ3n) is 1.40. The van der Waals surface area contributed by atoms with Crippen LogP contribution < -0.4 is 0 Å². The van der Waals surface area contributed by atoms with Gasteiger partial charge in [-0.25, -0.2) is 4.98 Å². The van der Waals surface area contributed by atoms with E-state index in [2.05, 4.69) is 25.6 Å². The largest absolute Gasteiger partial charge is 0.246 e. The van der Waals surface area contributed by atoms with Gasteiger partial charge in [-0.05, 0) is 6.92 Å². The number of hydrogen-bond acceptors (Lipinski definition) is 5. The van der Waals surface area contributed by atoms with E-state index >= 15 is 0 Å². The molecule has 0 atom stereocenters. The van der Waals surface area contributed by atoms with Gasteiger partial charge in [0.25, 0.3) is 0 Å². The van der Waals surface area contributed by atoms with E-state index in [-0.39, 0.29) is 0 Å². The topological polar surface area (TPSA) is 67.3 Å². The fourth-order valence-corrected chi connectivity index (χ4v) is 1.52. The van der Waals surface area contributed by atoms with Crippen molar-refractivity contribution in [2.24, 2.45) is 0 Å². The van der Waals surface area contributed by atoms with Crippen LogP contribution in [0.2, 0.25) is 0 Å². The van der Waals surface area contributed by atoms with Crippen LogP contribution in [-0.4, -0.2) is 25.6 Å². The quantitative estimate of drug-likeness (QED) is 0.734. The van der Waals surface area contributed by atoms with E-state index < -0.39 is 0 Å². The number of aromatic amines is 1. The zero-order chi connectivity index (χ0) is 8.39. The number of rotatable bonds is 2. The van der Waals surface area contributed by atoms with E-state index in [0.717, 1.165) is 10.7 Å². The maximum Gasteiger partial charge on any atom is 0.180 e. The Morgan fingerprint density at radius 1 is 1.58 bits per heavy atom. The van der Waals surface area contributed by atoms with Crippen LogP contribution in [0.1, 0.15) is 16.5 Å². The molecule has 0 amide bonds. The van der Waals surface area contributed by atoms with Crippen molar-refractivity contribution in [1.29, 1.82) is 0 Å². The molecule has 0 bridgehead atoms. The van der Waals surface area contributed by atoms with Gasteiger partial charge in [-0.15, -0.1) is 21.5 Å². The Labute approximate surface area is 72.9 Å². The van der Waals surface area contributed by atoms with E-state index in [1.165, 1.54) is 0 Å². The predicted octanol–water partition coefficient (Wildman–Crippen LogP) is 0.555. The summed E-state index contributed by atoms with van der Waals surface area (Å²) >= 11 is 1.63. The van der Waals surface area contributed by atoms with E-state index in [1.54, 1.807) is 11.3 Å². The molecule has 0 spiro atoms. The van der Waals surface area contributed by atoms with Crippen LogP contribution in [0.15, 0.2) is 5.38 Å². The lowest BCUT2D eigenvalue weighted by Gasteiger charge is -1.86. The first-order chi connectivity index (χ1) is 5.84. The molecule has 1 N–H and O–H groups in total. The maximum atomic E-state index is 4.28. The lowest BCUT2D eigenvalue weighted by atomic mass is 10.3. The molecule has 0 aliphatic heterocycles. The number of tetrazole rings is 1. The minimum absolute atomic E-state index is 0.654. The molecule has 2 aromatic heterocycles. The Kier molecular flexibility index (Phi) is 1.83. The molecule has 0 unspecified atom stereocenters. The van der Waals surface area contributed by atoms with Crippen LogP contribution in [0.4, 0.5) is 0 Å². The number of thiazole rings is 1. The van der Waals surface area contributed by atoms with Gasteiger partial charge in [0.1, 0.15) is 0 Å². The average Bonchev–Trinajstić information content (AvgIpc) is 2.63. The molecule has 12 heavy (non-hydrogen) atoms. The Morgan fingerprint density at radius 2 is 2.50 bits per heavy atom. The van der Waals surface area contributed by atoms with Gasteiger partial charge in [0.2, 0.25) is 0 Å². The smallest absolute Gasteiger partial charge is 0.180 e. The number of aromatic nitrogens is 5. The number of H-pyrrole nitrogens is 1. The molecule has 5 nitrogen and oxygen atoms in total. The van der Waals surface area contributed by atoms with Gasteiger partial charge in [-0.2, -0.15) is 5.21 Å². The lowest BCUT2D eigenvalue weighted by Crippen LogP contribution is -1.91. The van der Waals surface area contributed by atoms with Gasteiger partial charge in [0.15, 0.2) is 5.82 Å². The Morgan fingerprint density at radius 3 is 3.08 bits per heavy atom. The third kappa shape index (κ3) is 1.48. The number of nitrogens with zero attached hydrogens (tertiary/aromatic N) is 4. The van der Waals surface area contributed by atoms with Crippen LogP contribution in [0.3, 0.4) is 0 Å². The summed E-state index contributed by atoms with van der Waals surface area (Å²) in [6.07, 6.45) is 0.654. The van der Waals surface area contributed by atoms with Crippen molar-refractivity contribution in [3.8, 4) is 0 Å². The van der Waals surface area contributed by atoms with Gasteiger partial charge in [-0.3, -0.25) is 0 Å². The van der Waals surface area contributed by atoms with Gasteiger partial charge in [0.05, 0.1) is 17.1 Å². The molecule has 62 valence electrons. The SMILES string of the molecule is Cc1nc(Cc2nn[nH]n2)cs1. The highest BCUT2D eigenvalue weighted by atomic mass is 32.1. The normalized spacial score (nSPS) is 10.4. The van der Waals surface area contributed by atoms with Crippen LogP contribution >= 0.6 is 11.3 Å². The predicted molar refractivity (Wildman–Crippen MR) is 43.8 cm³/mol. The monoisotopic (exact) mass is 181 g/mol. The summed E-state index contributed by atoms with van der Waals surface area (Å²) in [5.41, 5.74) is 0.999. The Hall–Kier alpha value is -1.30. The third-order valence-corrected chi connectivity index (χ3v) is 2.22. The summed E-state index contributed by atoms with van der Waals surface area (Å²) in [6, 6.07) is 0. The fourth-order valence-electron chi connectivity index (χ4n) is 0.909. The van der Waals surface area contributed by atoms with Crippen molar-refractivity contribution in [3.05, 3.63) is 21.9 Å². The zero-order valence-electron chi connectivity index (χ0n) is 6.48. The Bertz CT molecular complexity index is 352. The molecule has 0 saturated carbocycles. The van der Waals surface area contributed by atoms with Crippen molar-refractivity contribution >= 4 is 11.3 Å². The molecule has 0 fully saturated rings. The van der Waals surface area contributed by atoms with E-state index in [9.17, 15) is 0 Å². The van der Waals surface area contributed by atoms with Crippen molar-refractivity contribution in [2.75, 3.05) is 0 Å². The molecule has 6 heteroatoms. The minimum atomic E-state index is 0.654. The average molecular weight is 181 g/mol. The van der Waals surface area contributed by atoms with Crippen molar-refractivity contribution in [1.82, 2.24) is 25.6 Å². The highest BCUT2D eigenvalue weighted by molar-refractivity contribution is 7.09. The molecule has 2 heterocycles. The Balaban J connectivity index is 2.14. The van der Waals surface area contributed by atoms with Gasteiger partial charge in [-0.1, -0.05) is 5.21 Å². The van der Waals surface area contributed by atoms with Gasteiger partial charge >= 0.3 is 0 Å². The molecule has 0 aliphatic rings. The van der Waals surface area contributed by atoms with Crippen molar-refractivity contribution in [3.63, 3.8) is 0 Å². The van der Waals surface area contributed by atoms with Crippen LogP contribution in [0.25, 0.3) is 0 Å². The first kappa shape index (κ1) is 7.35. The fraction of sp³-hybridized carbons (Fsp3) is 0.333. The highest BCUT2D eigenvalue weighted by Gasteiger charge is 2.02.